The number of benzene rings is 1. The predicted octanol–water partition coefficient (Wildman–Crippen LogP) is 1.79. The number of piperazine rings is 1. The number of likely N-dealkylation sites (N-methyl/N-ethyl adjacent to an activating group) is 1. The van der Waals surface area contributed by atoms with E-state index in [0.29, 0.717) is 13.1 Å². The number of carbonyl (C=O) groups excluding carboxylic acids is 1. The fourth-order valence-corrected chi connectivity index (χ4v) is 2.96. The summed E-state index contributed by atoms with van der Waals surface area (Å²) in [5.74, 6) is 0.458. The highest BCUT2D eigenvalue weighted by molar-refractivity contribution is 5.94. The highest BCUT2D eigenvalue weighted by atomic mass is 19.1. The average molecular weight is 343 g/mol. The second kappa shape index (κ2) is 8.02. The zero-order valence-corrected chi connectivity index (χ0v) is 14.3. The van der Waals surface area contributed by atoms with E-state index >= 15 is 0 Å². The van der Waals surface area contributed by atoms with E-state index in [1.54, 1.807) is 35.5 Å². The van der Waals surface area contributed by atoms with Gasteiger partial charge in [0.2, 0.25) is 11.9 Å². The molecule has 6 nitrogen and oxygen atoms in total. The minimum Gasteiger partial charge on any atom is -0.338 e. The molecule has 7 heteroatoms. The maximum absolute atomic E-state index is 13.1. The Morgan fingerprint density at radius 2 is 1.76 bits per heavy atom. The average Bonchev–Trinajstić information content (AvgIpc) is 2.65. The van der Waals surface area contributed by atoms with Crippen LogP contribution in [-0.2, 0) is 4.79 Å². The molecule has 1 amide bonds. The molecule has 0 N–H and O–H groups in total. The molecule has 1 aliphatic rings. The van der Waals surface area contributed by atoms with Crippen LogP contribution in [0.4, 0.5) is 16.0 Å². The molecule has 0 radical (unpaired) electrons. The van der Waals surface area contributed by atoms with Gasteiger partial charge in [0.05, 0.1) is 6.54 Å². The van der Waals surface area contributed by atoms with Crippen molar-refractivity contribution in [1.82, 2.24) is 14.9 Å². The molecule has 132 valence electrons. The molecule has 0 unspecified atom stereocenters. The molecule has 1 fully saturated rings. The van der Waals surface area contributed by atoms with Crippen molar-refractivity contribution in [2.45, 2.75) is 6.92 Å². The predicted molar refractivity (Wildman–Crippen MR) is 95.1 cm³/mol. The second-order valence-corrected chi connectivity index (χ2v) is 5.93. The van der Waals surface area contributed by atoms with E-state index < -0.39 is 0 Å². The largest absolute Gasteiger partial charge is 0.338 e. The van der Waals surface area contributed by atoms with Crippen LogP contribution >= 0.6 is 0 Å². The zero-order valence-electron chi connectivity index (χ0n) is 14.3. The fourth-order valence-electron chi connectivity index (χ4n) is 2.96. The number of rotatable bonds is 5. The van der Waals surface area contributed by atoms with Crippen molar-refractivity contribution in [3.63, 3.8) is 0 Å². The minimum atomic E-state index is -0.300. The maximum Gasteiger partial charge on any atom is 0.241 e. The van der Waals surface area contributed by atoms with Crippen molar-refractivity contribution < 1.29 is 9.18 Å². The maximum atomic E-state index is 13.1. The van der Waals surface area contributed by atoms with Gasteiger partial charge in [-0.1, -0.05) is 0 Å². The van der Waals surface area contributed by atoms with E-state index in [1.807, 2.05) is 6.92 Å². The first-order valence-electron chi connectivity index (χ1n) is 8.47. The third-order valence-corrected chi connectivity index (χ3v) is 4.32. The van der Waals surface area contributed by atoms with Crippen LogP contribution < -0.4 is 9.80 Å². The molecule has 1 aliphatic heterocycles. The minimum absolute atomic E-state index is 0.0264. The van der Waals surface area contributed by atoms with Gasteiger partial charge in [0.15, 0.2) is 0 Å². The fraction of sp³-hybridized carbons (Fsp3) is 0.389. The van der Waals surface area contributed by atoms with Gasteiger partial charge in [0.1, 0.15) is 5.82 Å². The number of carbonyl (C=O) groups is 1. The lowest BCUT2D eigenvalue weighted by molar-refractivity contribution is -0.119. The molecule has 3 rings (SSSR count). The molecule has 0 spiro atoms. The van der Waals surface area contributed by atoms with Crippen molar-refractivity contribution >= 4 is 17.5 Å². The molecule has 0 saturated carbocycles. The number of nitrogens with zero attached hydrogens (tertiary/aromatic N) is 5. The van der Waals surface area contributed by atoms with Gasteiger partial charge in [-0.25, -0.2) is 14.4 Å². The molecule has 1 aromatic carbocycles. The molecule has 2 heterocycles. The summed E-state index contributed by atoms with van der Waals surface area (Å²) in [4.78, 5) is 27.1. The summed E-state index contributed by atoms with van der Waals surface area (Å²) in [5, 5.41) is 0. The first-order valence-corrected chi connectivity index (χ1v) is 8.47. The molecule has 1 saturated heterocycles. The second-order valence-electron chi connectivity index (χ2n) is 5.93. The van der Waals surface area contributed by atoms with Crippen LogP contribution in [-0.4, -0.2) is 60.0 Å². The van der Waals surface area contributed by atoms with Crippen molar-refractivity contribution in [2.24, 2.45) is 0 Å². The van der Waals surface area contributed by atoms with Gasteiger partial charge in [0.25, 0.3) is 0 Å². The number of anilines is 2. The number of amides is 1. The summed E-state index contributed by atoms with van der Waals surface area (Å²) in [5.41, 5.74) is 0.727. The van der Waals surface area contributed by atoms with Gasteiger partial charge in [-0.15, -0.1) is 0 Å². The highest BCUT2D eigenvalue weighted by Crippen LogP contribution is 2.16. The van der Waals surface area contributed by atoms with Gasteiger partial charge in [-0.2, -0.15) is 0 Å². The van der Waals surface area contributed by atoms with Crippen LogP contribution in [0.15, 0.2) is 42.7 Å². The van der Waals surface area contributed by atoms with E-state index in [1.165, 1.54) is 12.1 Å². The summed E-state index contributed by atoms with van der Waals surface area (Å²) < 4.78 is 13.1. The molecule has 0 bridgehead atoms. The van der Waals surface area contributed by atoms with E-state index in [4.69, 9.17) is 0 Å². The van der Waals surface area contributed by atoms with Crippen molar-refractivity contribution in [3.8, 4) is 0 Å². The van der Waals surface area contributed by atoms with Crippen LogP contribution in [0.25, 0.3) is 0 Å². The van der Waals surface area contributed by atoms with Crippen LogP contribution in [0.2, 0.25) is 0 Å². The van der Waals surface area contributed by atoms with E-state index in [9.17, 15) is 9.18 Å². The molecular formula is C18H22FN5O. The lowest BCUT2D eigenvalue weighted by Crippen LogP contribution is -2.50. The first-order chi connectivity index (χ1) is 12.2. The van der Waals surface area contributed by atoms with Crippen LogP contribution in [0.1, 0.15) is 6.92 Å². The Morgan fingerprint density at radius 3 is 2.36 bits per heavy atom. The van der Waals surface area contributed by atoms with Crippen molar-refractivity contribution in [1.29, 1.82) is 0 Å². The lowest BCUT2D eigenvalue weighted by atomic mass is 10.2. The van der Waals surface area contributed by atoms with Gasteiger partial charge < -0.3 is 9.80 Å². The Morgan fingerprint density at radius 1 is 1.12 bits per heavy atom. The van der Waals surface area contributed by atoms with Crippen LogP contribution in [0, 0.1) is 5.82 Å². The summed E-state index contributed by atoms with van der Waals surface area (Å²) >= 11 is 0. The van der Waals surface area contributed by atoms with E-state index in [0.717, 1.165) is 37.8 Å². The van der Waals surface area contributed by atoms with Crippen LogP contribution in [0.3, 0.4) is 0 Å². The first kappa shape index (κ1) is 17.3. The normalized spacial score (nSPS) is 15.2. The number of aromatic nitrogens is 2. The summed E-state index contributed by atoms with van der Waals surface area (Å²) in [6.45, 7) is 5.98. The monoisotopic (exact) mass is 343 g/mol. The van der Waals surface area contributed by atoms with Crippen molar-refractivity contribution in [2.75, 3.05) is 49.1 Å². The van der Waals surface area contributed by atoms with Gasteiger partial charge in [0, 0.05) is 50.8 Å². The van der Waals surface area contributed by atoms with E-state index in [2.05, 4.69) is 19.8 Å². The number of hydrogen-bond acceptors (Lipinski definition) is 5. The Bertz CT molecular complexity index is 686. The highest BCUT2D eigenvalue weighted by Gasteiger charge is 2.23. The zero-order chi connectivity index (χ0) is 17.6. The Balaban J connectivity index is 1.55. The molecule has 0 atom stereocenters. The Kier molecular flexibility index (Phi) is 5.55. The van der Waals surface area contributed by atoms with Crippen molar-refractivity contribution in [3.05, 3.63) is 48.5 Å². The molecule has 25 heavy (non-hydrogen) atoms. The molecule has 2 aromatic rings. The molecule has 0 aliphatic carbocycles. The SMILES string of the molecule is CCN(C(=O)CN1CCN(c2ncccn2)CC1)c1ccc(F)cc1. The smallest absolute Gasteiger partial charge is 0.241 e. The summed E-state index contributed by atoms with van der Waals surface area (Å²) in [6, 6.07) is 7.84. The molecular weight excluding hydrogens is 321 g/mol. The third kappa shape index (κ3) is 4.30. The number of halogens is 1. The van der Waals surface area contributed by atoms with E-state index in [-0.39, 0.29) is 11.7 Å². The van der Waals surface area contributed by atoms with Gasteiger partial charge in [-0.05, 0) is 37.3 Å². The van der Waals surface area contributed by atoms with Gasteiger partial charge in [-0.3, -0.25) is 9.69 Å². The summed E-state index contributed by atoms with van der Waals surface area (Å²) in [6.07, 6.45) is 3.47. The summed E-state index contributed by atoms with van der Waals surface area (Å²) in [7, 11) is 0. The topological polar surface area (TPSA) is 52.6 Å². The quantitative estimate of drug-likeness (QED) is 0.828. The molecule has 1 aromatic heterocycles. The Labute approximate surface area is 146 Å². The standard InChI is InChI=1S/C18H22FN5O/c1-2-24(16-6-4-15(19)5-7-16)17(25)14-22-10-12-23(13-11-22)18-20-8-3-9-21-18/h3-9H,2,10-14H2,1H3. The number of hydrogen-bond donors (Lipinski definition) is 0. The Hall–Kier alpha value is -2.54. The van der Waals surface area contributed by atoms with Crippen LogP contribution in [0.5, 0.6) is 0 Å². The lowest BCUT2D eigenvalue weighted by Gasteiger charge is -2.35. The van der Waals surface area contributed by atoms with Gasteiger partial charge >= 0.3 is 0 Å². The third-order valence-electron chi connectivity index (χ3n) is 4.32.